The summed E-state index contributed by atoms with van der Waals surface area (Å²) in [4.78, 5) is 12.6. The smallest absolute Gasteiger partial charge is 0.311 e. The van der Waals surface area contributed by atoms with Gasteiger partial charge in [0.25, 0.3) is 0 Å². The number of hydrogen-bond acceptors (Lipinski definition) is 5. The van der Waals surface area contributed by atoms with Gasteiger partial charge in [0, 0.05) is 12.3 Å². The normalized spacial score (nSPS) is 51.1. The first-order chi connectivity index (χ1) is 12.1. The highest BCUT2D eigenvalue weighted by Gasteiger charge is 2.66. The van der Waals surface area contributed by atoms with Crippen molar-refractivity contribution in [3.63, 3.8) is 0 Å². The van der Waals surface area contributed by atoms with Crippen molar-refractivity contribution in [3.05, 3.63) is 12.7 Å². The van der Waals surface area contributed by atoms with Crippen molar-refractivity contribution in [2.24, 2.45) is 22.7 Å². The van der Waals surface area contributed by atoms with Crippen molar-refractivity contribution in [2.45, 2.75) is 76.6 Å². The van der Waals surface area contributed by atoms with Crippen LogP contribution in [0.5, 0.6) is 0 Å². The van der Waals surface area contributed by atoms with Crippen LogP contribution in [0.2, 0.25) is 0 Å². The number of rotatable bonds is 3. The Hall–Kier alpha value is -0.910. The van der Waals surface area contributed by atoms with Gasteiger partial charge in [-0.15, -0.1) is 6.58 Å². The predicted octanol–water partition coefficient (Wildman–Crippen LogP) is 2.84. The molecule has 1 saturated heterocycles. The van der Waals surface area contributed by atoms with E-state index >= 15 is 0 Å². The molecule has 3 aliphatic rings. The summed E-state index contributed by atoms with van der Waals surface area (Å²) in [6.07, 6.45) is 5.68. The van der Waals surface area contributed by atoms with E-state index in [1.807, 2.05) is 6.92 Å². The predicted molar refractivity (Wildman–Crippen MR) is 98.4 cm³/mol. The minimum atomic E-state index is -0.895. The molecule has 0 bridgehead atoms. The van der Waals surface area contributed by atoms with Gasteiger partial charge in [0.1, 0.15) is 5.60 Å². The number of fused-ring (bicyclic) bond motifs is 3. The maximum atomic E-state index is 12.6. The molecule has 3 unspecified atom stereocenters. The number of esters is 1. The lowest BCUT2D eigenvalue weighted by atomic mass is 9.43. The molecule has 0 radical (unpaired) electrons. The molecule has 1 aliphatic heterocycles. The summed E-state index contributed by atoms with van der Waals surface area (Å²) < 4.78 is 11.6. The Morgan fingerprint density at radius 3 is 2.58 bits per heavy atom. The number of aliphatic hydroxyl groups excluding tert-OH is 2. The van der Waals surface area contributed by atoms with Crippen LogP contribution in [0.4, 0.5) is 0 Å². The molecular weight excluding hydrogens is 332 g/mol. The van der Waals surface area contributed by atoms with Gasteiger partial charge in [-0.05, 0) is 50.9 Å². The molecule has 7 atom stereocenters. The highest BCUT2D eigenvalue weighted by Crippen LogP contribution is 2.65. The summed E-state index contributed by atoms with van der Waals surface area (Å²) in [6, 6.07) is 0. The third kappa shape index (κ3) is 2.58. The molecule has 148 valence electrons. The van der Waals surface area contributed by atoms with Crippen LogP contribution in [-0.4, -0.2) is 47.2 Å². The maximum Gasteiger partial charge on any atom is 0.311 e. The van der Waals surface area contributed by atoms with E-state index in [2.05, 4.69) is 20.4 Å². The van der Waals surface area contributed by atoms with Gasteiger partial charge in [-0.2, -0.15) is 0 Å². The minimum absolute atomic E-state index is 0.0855. The zero-order valence-corrected chi connectivity index (χ0v) is 16.6. The molecule has 0 aromatic carbocycles. The standard InChI is InChI=1S/C21H34O5/c1-6-21(13-22)12-14(23)16-18(2)9-7-10-19(3,17(24)25-5)15(18)8-11-20(16,4)26-21/h6,14-16,22-23H,1,7-13H2,2-5H3/t14?,15?,16?,18-,19+,20+,21-/m1/s1. The van der Waals surface area contributed by atoms with E-state index in [0.29, 0.717) is 6.42 Å². The largest absolute Gasteiger partial charge is 0.469 e. The van der Waals surface area contributed by atoms with Gasteiger partial charge in [-0.3, -0.25) is 4.79 Å². The van der Waals surface area contributed by atoms with Crippen LogP contribution >= 0.6 is 0 Å². The van der Waals surface area contributed by atoms with Gasteiger partial charge in [0.15, 0.2) is 0 Å². The van der Waals surface area contributed by atoms with Crippen LogP contribution in [-0.2, 0) is 14.3 Å². The Bertz CT molecular complexity index is 591. The summed E-state index contributed by atoms with van der Waals surface area (Å²) in [6.45, 7) is 9.94. The lowest BCUT2D eigenvalue weighted by Crippen LogP contribution is -2.68. The summed E-state index contributed by atoms with van der Waals surface area (Å²) in [5.74, 6) is -0.0745. The van der Waals surface area contributed by atoms with E-state index < -0.39 is 22.7 Å². The van der Waals surface area contributed by atoms with Gasteiger partial charge in [-0.1, -0.05) is 19.4 Å². The summed E-state index contributed by atoms with van der Waals surface area (Å²) in [5.41, 5.74) is -2.18. The first-order valence-electron chi connectivity index (χ1n) is 9.82. The van der Waals surface area contributed by atoms with Gasteiger partial charge in [0.05, 0.1) is 30.8 Å². The van der Waals surface area contributed by atoms with Gasteiger partial charge >= 0.3 is 5.97 Å². The van der Waals surface area contributed by atoms with E-state index in [1.165, 1.54) is 7.11 Å². The Morgan fingerprint density at radius 2 is 2.00 bits per heavy atom. The minimum Gasteiger partial charge on any atom is -0.469 e. The molecule has 1 heterocycles. The van der Waals surface area contributed by atoms with Crippen molar-refractivity contribution in [1.29, 1.82) is 0 Å². The van der Waals surface area contributed by atoms with E-state index in [4.69, 9.17) is 9.47 Å². The van der Waals surface area contributed by atoms with Crippen molar-refractivity contribution >= 4 is 5.97 Å². The number of ether oxygens (including phenoxy) is 2. The first-order valence-corrected chi connectivity index (χ1v) is 9.82. The fourth-order valence-corrected chi connectivity index (χ4v) is 6.92. The molecule has 0 amide bonds. The Morgan fingerprint density at radius 1 is 1.31 bits per heavy atom. The lowest BCUT2D eigenvalue weighted by molar-refractivity contribution is -0.293. The summed E-state index contributed by atoms with van der Waals surface area (Å²) in [7, 11) is 1.46. The third-order valence-corrected chi connectivity index (χ3v) is 7.94. The third-order valence-electron chi connectivity index (χ3n) is 7.94. The maximum absolute atomic E-state index is 12.6. The summed E-state index contributed by atoms with van der Waals surface area (Å²) in [5, 5.41) is 21.1. The number of carbonyl (C=O) groups excluding carboxylic acids is 1. The second-order valence-electron chi connectivity index (χ2n) is 9.45. The van der Waals surface area contributed by atoms with E-state index in [1.54, 1.807) is 6.08 Å². The molecule has 3 rings (SSSR count). The monoisotopic (exact) mass is 366 g/mol. The van der Waals surface area contributed by atoms with Crippen LogP contribution in [0.25, 0.3) is 0 Å². The highest BCUT2D eigenvalue weighted by atomic mass is 16.5. The number of methoxy groups -OCH3 is 1. The second kappa shape index (κ2) is 6.32. The van der Waals surface area contributed by atoms with Gasteiger partial charge < -0.3 is 19.7 Å². The van der Waals surface area contributed by atoms with E-state index in [9.17, 15) is 15.0 Å². The van der Waals surface area contributed by atoms with Crippen LogP contribution < -0.4 is 0 Å². The molecule has 3 fully saturated rings. The van der Waals surface area contributed by atoms with E-state index in [0.717, 1.165) is 32.1 Å². The van der Waals surface area contributed by atoms with Gasteiger partial charge in [-0.25, -0.2) is 0 Å². The van der Waals surface area contributed by atoms with Crippen molar-refractivity contribution in [2.75, 3.05) is 13.7 Å². The fraction of sp³-hybridized carbons (Fsp3) is 0.857. The van der Waals surface area contributed by atoms with Crippen molar-refractivity contribution < 1.29 is 24.5 Å². The average molecular weight is 366 g/mol. The SMILES string of the molecule is C=C[C@]1(CO)CC(O)C2[C@]3(C)CCC[C@](C)(C(=O)OC)C3CC[C@]2(C)O1. The van der Waals surface area contributed by atoms with Crippen LogP contribution in [0.1, 0.15) is 59.3 Å². The Kier molecular flexibility index (Phi) is 4.82. The lowest BCUT2D eigenvalue weighted by Gasteiger charge is -2.66. The molecule has 26 heavy (non-hydrogen) atoms. The van der Waals surface area contributed by atoms with Crippen LogP contribution in [0.3, 0.4) is 0 Å². The van der Waals surface area contributed by atoms with Crippen molar-refractivity contribution in [1.82, 2.24) is 0 Å². The summed E-state index contributed by atoms with van der Waals surface area (Å²) >= 11 is 0. The topological polar surface area (TPSA) is 76.0 Å². The van der Waals surface area contributed by atoms with Crippen molar-refractivity contribution in [3.8, 4) is 0 Å². The molecule has 2 saturated carbocycles. The average Bonchev–Trinajstić information content (AvgIpc) is 2.59. The zero-order valence-electron chi connectivity index (χ0n) is 16.6. The fourth-order valence-electron chi connectivity index (χ4n) is 6.92. The number of aliphatic hydroxyl groups is 2. The van der Waals surface area contributed by atoms with E-state index in [-0.39, 0.29) is 29.8 Å². The molecule has 2 aliphatic carbocycles. The molecular formula is C21H34O5. The molecule has 0 aromatic rings. The second-order valence-corrected chi connectivity index (χ2v) is 9.45. The molecule has 0 aromatic heterocycles. The quantitative estimate of drug-likeness (QED) is 0.593. The molecule has 5 heteroatoms. The molecule has 5 nitrogen and oxygen atoms in total. The van der Waals surface area contributed by atoms with Crippen LogP contribution in [0.15, 0.2) is 12.7 Å². The van der Waals surface area contributed by atoms with Crippen LogP contribution in [0, 0.1) is 22.7 Å². The molecule has 0 spiro atoms. The number of hydrogen-bond donors (Lipinski definition) is 2. The van der Waals surface area contributed by atoms with Gasteiger partial charge in [0.2, 0.25) is 0 Å². The highest BCUT2D eigenvalue weighted by molar-refractivity contribution is 5.77. The number of carbonyl (C=O) groups is 1. The molecule has 2 N–H and O–H groups in total. The zero-order chi connectivity index (χ0) is 19.4. The Labute approximate surface area is 156 Å². The first kappa shape index (κ1) is 19.8. The Balaban J connectivity index is 2.02.